The van der Waals surface area contributed by atoms with E-state index in [9.17, 15) is 9.59 Å². The van der Waals surface area contributed by atoms with E-state index in [2.05, 4.69) is 36.3 Å². The summed E-state index contributed by atoms with van der Waals surface area (Å²) in [7, 11) is 3.20. The SMILES string of the molecule is COc1cccc(OC)c1CNc1nc(NC2CC2)n2ncc(/C=C3\NC(=O)NC3=O)c2n1. The fourth-order valence-corrected chi connectivity index (χ4v) is 3.49. The number of fused-ring (bicyclic) bond motifs is 1. The standard InChI is InChI=1S/C21H22N8O4/c1-32-15-4-3-5-16(33-2)13(15)10-22-19-26-17-11(8-14-18(30)27-21(31)25-14)9-23-29(17)20(28-19)24-12-6-7-12/h3-5,8-9,12H,6-7,10H2,1-2H3,(H2,22,24,26,28)(H2,25,27,30,31)/b14-8-. The van der Waals surface area contributed by atoms with Crippen LogP contribution in [0, 0.1) is 0 Å². The van der Waals surface area contributed by atoms with Gasteiger partial charge in [0.1, 0.15) is 17.2 Å². The summed E-state index contributed by atoms with van der Waals surface area (Å²) < 4.78 is 12.5. The first kappa shape index (κ1) is 20.5. The highest BCUT2D eigenvalue weighted by Crippen LogP contribution is 2.29. The van der Waals surface area contributed by atoms with E-state index in [0.717, 1.165) is 18.4 Å². The molecule has 1 aliphatic carbocycles. The number of hydrogen-bond acceptors (Lipinski definition) is 9. The van der Waals surface area contributed by atoms with Crippen LogP contribution >= 0.6 is 0 Å². The Bertz CT molecular complexity index is 1260. The number of methoxy groups -OCH3 is 2. The minimum atomic E-state index is -0.568. The third-order valence-corrected chi connectivity index (χ3v) is 5.28. The number of benzene rings is 1. The van der Waals surface area contributed by atoms with Gasteiger partial charge in [0.05, 0.1) is 32.5 Å². The van der Waals surface area contributed by atoms with Gasteiger partial charge in [-0.2, -0.15) is 19.6 Å². The van der Waals surface area contributed by atoms with Crippen molar-refractivity contribution in [2.24, 2.45) is 0 Å². The maximum absolute atomic E-state index is 11.9. The van der Waals surface area contributed by atoms with E-state index in [1.165, 1.54) is 6.08 Å². The summed E-state index contributed by atoms with van der Waals surface area (Å²) in [5, 5.41) is 15.6. The molecule has 3 heterocycles. The Morgan fingerprint density at radius 2 is 1.91 bits per heavy atom. The Hall–Kier alpha value is -4.35. The van der Waals surface area contributed by atoms with Crippen molar-refractivity contribution in [3.63, 3.8) is 0 Å². The van der Waals surface area contributed by atoms with Gasteiger partial charge in [-0.3, -0.25) is 10.1 Å². The van der Waals surface area contributed by atoms with Gasteiger partial charge in [0.2, 0.25) is 11.9 Å². The molecule has 1 aliphatic heterocycles. The van der Waals surface area contributed by atoms with E-state index in [1.54, 1.807) is 24.9 Å². The van der Waals surface area contributed by atoms with Gasteiger partial charge >= 0.3 is 6.03 Å². The molecule has 2 aromatic heterocycles. The van der Waals surface area contributed by atoms with Crippen molar-refractivity contribution >= 4 is 35.6 Å². The number of aromatic nitrogens is 4. The lowest BCUT2D eigenvalue weighted by Crippen LogP contribution is -2.22. The molecule has 170 valence electrons. The van der Waals surface area contributed by atoms with Crippen LogP contribution in [0.5, 0.6) is 11.5 Å². The van der Waals surface area contributed by atoms with Crippen LogP contribution in [0.25, 0.3) is 11.7 Å². The van der Waals surface area contributed by atoms with Crippen molar-refractivity contribution in [3.8, 4) is 11.5 Å². The molecule has 1 aromatic carbocycles. The molecule has 5 rings (SSSR count). The smallest absolute Gasteiger partial charge is 0.326 e. The Morgan fingerprint density at radius 1 is 1.15 bits per heavy atom. The molecular formula is C21H22N8O4. The molecule has 0 spiro atoms. The zero-order valence-electron chi connectivity index (χ0n) is 18.0. The topological polar surface area (TPSA) is 144 Å². The molecule has 4 N–H and O–H groups in total. The van der Waals surface area contributed by atoms with Crippen molar-refractivity contribution in [1.82, 2.24) is 30.2 Å². The van der Waals surface area contributed by atoms with Gasteiger partial charge in [-0.15, -0.1) is 0 Å². The zero-order chi connectivity index (χ0) is 22.9. The largest absolute Gasteiger partial charge is 0.496 e. The average Bonchev–Trinajstić information content (AvgIpc) is 3.45. The highest BCUT2D eigenvalue weighted by atomic mass is 16.5. The summed E-state index contributed by atoms with van der Waals surface area (Å²) in [6.07, 6.45) is 5.21. The molecule has 33 heavy (non-hydrogen) atoms. The lowest BCUT2D eigenvalue weighted by atomic mass is 10.1. The molecule has 3 amide bonds. The molecule has 1 saturated heterocycles. The number of rotatable bonds is 8. The monoisotopic (exact) mass is 450 g/mol. The molecule has 2 aliphatic rings. The predicted molar refractivity (Wildman–Crippen MR) is 119 cm³/mol. The molecule has 0 radical (unpaired) electrons. The average molecular weight is 450 g/mol. The third-order valence-electron chi connectivity index (χ3n) is 5.28. The minimum absolute atomic E-state index is 0.124. The van der Waals surface area contributed by atoms with Crippen LogP contribution in [0.1, 0.15) is 24.0 Å². The number of hydrogen-bond donors (Lipinski definition) is 4. The summed E-state index contributed by atoms with van der Waals surface area (Å²) in [6.45, 7) is 0.356. The van der Waals surface area contributed by atoms with Crippen LogP contribution < -0.4 is 30.7 Å². The first-order valence-corrected chi connectivity index (χ1v) is 10.4. The highest BCUT2D eigenvalue weighted by molar-refractivity contribution is 6.14. The van der Waals surface area contributed by atoms with Gasteiger partial charge in [-0.1, -0.05) is 6.07 Å². The van der Waals surface area contributed by atoms with Crippen molar-refractivity contribution in [2.45, 2.75) is 25.4 Å². The number of nitrogens with one attached hydrogen (secondary N) is 4. The van der Waals surface area contributed by atoms with Crippen molar-refractivity contribution in [1.29, 1.82) is 0 Å². The van der Waals surface area contributed by atoms with Gasteiger partial charge in [-0.25, -0.2) is 4.79 Å². The van der Waals surface area contributed by atoms with Gasteiger partial charge in [0, 0.05) is 11.6 Å². The lowest BCUT2D eigenvalue weighted by Gasteiger charge is -2.14. The molecule has 12 heteroatoms. The van der Waals surface area contributed by atoms with E-state index < -0.39 is 11.9 Å². The first-order valence-electron chi connectivity index (χ1n) is 10.4. The molecule has 12 nitrogen and oxygen atoms in total. The fourth-order valence-electron chi connectivity index (χ4n) is 3.49. The normalized spacial score (nSPS) is 16.6. The number of anilines is 2. The van der Waals surface area contributed by atoms with E-state index in [1.807, 2.05) is 18.2 Å². The highest BCUT2D eigenvalue weighted by Gasteiger charge is 2.26. The Kier molecular flexibility index (Phi) is 5.17. The van der Waals surface area contributed by atoms with Crippen LogP contribution in [0.15, 0.2) is 30.1 Å². The van der Waals surface area contributed by atoms with Crippen LogP contribution in [0.3, 0.4) is 0 Å². The second-order valence-corrected chi connectivity index (χ2v) is 7.59. The molecule has 0 unspecified atom stereocenters. The maximum Gasteiger partial charge on any atom is 0.326 e. The molecule has 0 atom stereocenters. The maximum atomic E-state index is 11.9. The van der Waals surface area contributed by atoms with E-state index in [-0.39, 0.29) is 5.70 Å². The number of ether oxygens (including phenoxy) is 2. The first-order chi connectivity index (χ1) is 16.1. The Labute approximate surface area is 188 Å². The number of nitrogens with zero attached hydrogens (tertiary/aromatic N) is 4. The van der Waals surface area contributed by atoms with E-state index in [0.29, 0.717) is 47.2 Å². The van der Waals surface area contributed by atoms with E-state index >= 15 is 0 Å². The van der Waals surface area contributed by atoms with Crippen LogP contribution in [0.2, 0.25) is 0 Å². The van der Waals surface area contributed by atoms with E-state index in [4.69, 9.17) is 9.47 Å². The van der Waals surface area contributed by atoms with Gasteiger partial charge in [0.15, 0.2) is 5.65 Å². The van der Waals surface area contributed by atoms with Crippen molar-refractivity contribution in [2.75, 3.05) is 24.9 Å². The van der Waals surface area contributed by atoms with Gasteiger partial charge in [0.25, 0.3) is 5.91 Å². The molecule has 0 bridgehead atoms. The van der Waals surface area contributed by atoms with Crippen LogP contribution in [0.4, 0.5) is 16.7 Å². The number of imide groups is 1. The molecule has 3 aromatic rings. The Balaban J connectivity index is 1.51. The number of urea groups is 1. The number of carbonyl (C=O) groups is 2. The summed E-state index contributed by atoms with van der Waals surface area (Å²) in [4.78, 5) is 32.6. The predicted octanol–water partition coefficient (Wildman–Crippen LogP) is 1.51. The summed E-state index contributed by atoms with van der Waals surface area (Å²) in [5.41, 5.74) is 1.98. The summed E-state index contributed by atoms with van der Waals surface area (Å²) in [5.74, 6) is 1.74. The number of amides is 3. The summed E-state index contributed by atoms with van der Waals surface area (Å²) >= 11 is 0. The fraction of sp³-hybridized carbons (Fsp3) is 0.286. The zero-order valence-corrected chi connectivity index (χ0v) is 18.0. The molecular weight excluding hydrogens is 428 g/mol. The van der Waals surface area contributed by atoms with Crippen molar-refractivity contribution < 1.29 is 19.1 Å². The van der Waals surface area contributed by atoms with Gasteiger partial charge < -0.3 is 25.4 Å². The second-order valence-electron chi connectivity index (χ2n) is 7.59. The van der Waals surface area contributed by atoms with Gasteiger partial charge in [-0.05, 0) is 31.1 Å². The Morgan fingerprint density at radius 3 is 2.55 bits per heavy atom. The number of carbonyl (C=O) groups excluding carboxylic acids is 2. The summed E-state index contributed by atoms with van der Waals surface area (Å²) in [6, 6.07) is 5.32. The minimum Gasteiger partial charge on any atom is -0.496 e. The third kappa shape index (κ3) is 4.10. The molecule has 1 saturated carbocycles. The lowest BCUT2D eigenvalue weighted by molar-refractivity contribution is -0.115. The van der Waals surface area contributed by atoms with Crippen LogP contribution in [-0.4, -0.2) is 51.8 Å². The second kappa shape index (κ2) is 8.30. The quantitative estimate of drug-likeness (QED) is 0.296. The molecule has 2 fully saturated rings. The van der Waals surface area contributed by atoms with Crippen molar-refractivity contribution in [3.05, 3.63) is 41.2 Å². The van der Waals surface area contributed by atoms with Crippen LogP contribution in [-0.2, 0) is 11.3 Å².